The van der Waals surface area contributed by atoms with Crippen LogP contribution in [0.25, 0.3) is 0 Å². The predicted molar refractivity (Wildman–Crippen MR) is 91.4 cm³/mol. The van der Waals surface area contributed by atoms with Gasteiger partial charge in [0.15, 0.2) is 12.4 Å². The van der Waals surface area contributed by atoms with Gasteiger partial charge in [0.2, 0.25) is 0 Å². The summed E-state index contributed by atoms with van der Waals surface area (Å²) in [5.41, 5.74) is 1.91. The number of benzene rings is 2. The number of carbonyl (C=O) groups excluding carboxylic acids is 1. The van der Waals surface area contributed by atoms with Crippen LogP contribution in [0.1, 0.15) is 12.5 Å². The molecule has 1 amide bonds. The van der Waals surface area contributed by atoms with E-state index in [0.717, 1.165) is 6.42 Å². The molecule has 116 valence electrons. The van der Waals surface area contributed by atoms with Gasteiger partial charge in [-0.25, -0.2) is 0 Å². The maximum Gasteiger partial charge on any atom is 0.262 e. The Kier molecular flexibility index (Phi) is 5.95. The van der Waals surface area contributed by atoms with Crippen molar-refractivity contribution in [3.63, 3.8) is 0 Å². The summed E-state index contributed by atoms with van der Waals surface area (Å²) in [6.07, 6.45) is 0.949. The SMILES string of the molecule is CCc1ccc(NC(=O)COc2c(Cl)cc(Cl)cc2Cl)cc1. The zero-order valence-electron chi connectivity index (χ0n) is 11.8. The van der Waals surface area contributed by atoms with Gasteiger partial charge in [-0.15, -0.1) is 0 Å². The molecular weight excluding hydrogens is 345 g/mol. The lowest BCUT2D eigenvalue weighted by atomic mass is 10.1. The summed E-state index contributed by atoms with van der Waals surface area (Å²) in [4.78, 5) is 11.9. The minimum absolute atomic E-state index is 0.198. The quantitative estimate of drug-likeness (QED) is 0.795. The number of aryl methyl sites for hydroxylation is 1. The third kappa shape index (κ3) is 4.54. The Labute approximate surface area is 144 Å². The van der Waals surface area contributed by atoms with E-state index in [9.17, 15) is 4.79 Å². The lowest BCUT2D eigenvalue weighted by Crippen LogP contribution is -2.20. The van der Waals surface area contributed by atoms with Crippen LogP contribution in [0.15, 0.2) is 36.4 Å². The molecule has 3 nitrogen and oxygen atoms in total. The summed E-state index contributed by atoms with van der Waals surface area (Å²) in [7, 11) is 0. The van der Waals surface area contributed by atoms with Gasteiger partial charge >= 0.3 is 0 Å². The minimum atomic E-state index is -0.300. The number of carbonyl (C=O) groups is 1. The fourth-order valence-electron chi connectivity index (χ4n) is 1.83. The Morgan fingerprint density at radius 3 is 2.23 bits per heavy atom. The van der Waals surface area contributed by atoms with E-state index >= 15 is 0 Å². The van der Waals surface area contributed by atoms with Crippen molar-refractivity contribution in [2.75, 3.05) is 11.9 Å². The van der Waals surface area contributed by atoms with E-state index in [1.807, 2.05) is 24.3 Å². The average Bonchev–Trinajstić information content (AvgIpc) is 2.47. The minimum Gasteiger partial charge on any atom is -0.481 e. The van der Waals surface area contributed by atoms with Gasteiger partial charge in [-0.1, -0.05) is 53.9 Å². The molecule has 1 N–H and O–H groups in total. The lowest BCUT2D eigenvalue weighted by molar-refractivity contribution is -0.118. The molecule has 2 rings (SSSR count). The topological polar surface area (TPSA) is 38.3 Å². The molecule has 0 heterocycles. The third-order valence-electron chi connectivity index (χ3n) is 2.96. The Morgan fingerprint density at radius 1 is 1.09 bits per heavy atom. The van der Waals surface area contributed by atoms with Gasteiger partial charge in [-0.2, -0.15) is 0 Å². The van der Waals surface area contributed by atoms with Crippen LogP contribution in [-0.2, 0) is 11.2 Å². The third-order valence-corrected chi connectivity index (χ3v) is 3.74. The highest BCUT2D eigenvalue weighted by Gasteiger charge is 2.11. The maximum atomic E-state index is 11.9. The molecular formula is C16H14Cl3NO2. The monoisotopic (exact) mass is 357 g/mol. The molecule has 0 saturated heterocycles. The molecule has 2 aromatic carbocycles. The van der Waals surface area contributed by atoms with Gasteiger partial charge in [0.05, 0.1) is 10.0 Å². The van der Waals surface area contributed by atoms with Crippen LogP contribution in [0.3, 0.4) is 0 Å². The molecule has 0 aliphatic rings. The normalized spacial score (nSPS) is 10.4. The molecule has 0 saturated carbocycles. The molecule has 0 atom stereocenters. The summed E-state index contributed by atoms with van der Waals surface area (Å²) < 4.78 is 5.37. The molecule has 0 bridgehead atoms. The molecule has 0 radical (unpaired) electrons. The van der Waals surface area contributed by atoms with Gasteiger partial charge in [0.1, 0.15) is 0 Å². The van der Waals surface area contributed by atoms with E-state index in [1.54, 1.807) is 0 Å². The van der Waals surface area contributed by atoms with Crippen LogP contribution in [0, 0.1) is 0 Å². The van der Waals surface area contributed by atoms with Gasteiger partial charge in [-0.3, -0.25) is 4.79 Å². The van der Waals surface area contributed by atoms with Crippen molar-refractivity contribution in [1.29, 1.82) is 0 Å². The van der Waals surface area contributed by atoms with Gasteiger partial charge in [0.25, 0.3) is 5.91 Å². The van der Waals surface area contributed by atoms with E-state index in [2.05, 4.69) is 12.2 Å². The Morgan fingerprint density at radius 2 is 1.68 bits per heavy atom. The maximum absolute atomic E-state index is 11.9. The highest BCUT2D eigenvalue weighted by atomic mass is 35.5. The number of hydrogen-bond acceptors (Lipinski definition) is 2. The van der Waals surface area contributed by atoms with E-state index in [1.165, 1.54) is 17.7 Å². The van der Waals surface area contributed by atoms with E-state index < -0.39 is 0 Å². The first kappa shape index (κ1) is 16.9. The van der Waals surface area contributed by atoms with Crippen LogP contribution in [0.5, 0.6) is 5.75 Å². The number of ether oxygens (including phenoxy) is 1. The van der Waals surface area contributed by atoms with Gasteiger partial charge < -0.3 is 10.1 Å². The van der Waals surface area contributed by atoms with Crippen LogP contribution in [0.2, 0.25) is 15.1 Å². The van der Waals surface area contributed by atoms with Crippen molar-refractivity contribution in [2.24, 2.45) is 0 Å². The summed E-state index contributed by atoms with van der Waals surface area (Å²) in [5, 5.41) is 3.67. The molecule has 0 unspecified atom stereocenters. The molecule has 0 fully saturated rings. The molecule has 0 spiro atoms. The van der Waals surface area contributed by atoms with Crippen LogP contribution in [-0.4, -0.2) is 12.5 Å². The Bertz CT molecular complexity index is 649. The first-order valence-electron chi connectivity index (χ1n) is 6.65. The van der Waals surface area contributed by atoms with E-state index in [4.69, 9.17) is 39.5 Å². The van der Waals surface area contributed by atoms with Crippen molar-refractivity contribution in [3.05, 3.63) is 57.0 Å². The largest absolute Gasteiger partial charge is 0.481 e. The van der Waals surface area contributed by atoms with Crippen LogP contribution >= 0.6 is 34.8 Å². The molecule has 0 aliphatic heterocycles. The molecule has 6 heteroatoms. The van der Waals surface area contributed by atoms with Crippen molar-refractivity contribution in [1.82, 2.24) is 0 Å². The van der Waals surface area contributed by atoms with Crippen molar-refractivity contribution in [3.8, 4) is 5.75 Å². The van der Waals surface area contributed by atoms with Crippen molar-refractivity contribution >= 4 is 46.4 Å². The standard InChI is InChI=1S/C16H14Cl3NO2/c1-2-10-3-5-12(6-4-10)20-15(21)9-22-16-13(18)7-11(17)8-14(16)19/h3-8H,2,9H2,1H3,(H,20,21). The molecule has 22 heavy (non-hydrogen) atoms. The number of halogens is 3. The summed E-state index contributed by atoms with van der Waals surface area (Å²) >= 11 is 17.8. The Balaban J connectivity index is 1.95. The number of hydrogen-bond donors (Lipinski definition) is 1. The second-order valence-corrected chi connectivity index (χ2v) is 5.84. The first-order chi connectivity index (χ1) is 10.5. The van der Waals surface area contributed by atoms with Crippen molar-refractivity contribution in [2.45, 2.75) is 13.3 Å². The molecule has 2 aromatic rings. The fraction of sp³-hybridized carbons (Fsp3) is 0.188. The summed E-state index contributed by atoms with van der Waals surface area (Å²) in [5.74, 6) is -0.0597. The predicted octanol–water partition coefficient (Wildman–Crippen LogP) is 5.23. The van der Waals surface area contributed by atoms with E-state index in [0.29, 0.717) is 10.7 Å². The summed E-state index contributed by atoms with van der Waals surface area (Å²) in [6.45, 7) is 1.87. The number of nitrogens with one attached hydrogen (secondary N) is 1. The van der Waals surface area contributed by atoms with Crippen LogP contribution in [0.4, 0.5) is 5.69 Å². The van der Waals surface area contributed by atoms with Crippen LogP contribution < -0.4 is 10.1 Å². The molecule has 0 aliphatic carbocycles. The van der Waals surface area contributed by atoms with Gasteiger partial charge in [-0.05, 0) is 36.2 Å². The number of amides is 1. The smallest absolute Gasteiger partial charge is 0.262 e. The number of rotatable bonds is 5. The first-order valence-corrected chi connectivity index (χ1v) is 7.79. The fourth-order valence-corrected chi connectivity index (χ4v) is 2.75. The van der Waals surface area contributed by atoms with Gasteiger partial charge in [0, 0.05) is 10.7 Å². The van der Waals surface area contributed by atoms with Crippen molar-refractivity contribution < 1.29 is 9.53 Å². The molecule has 0 aromatic heterocycles. The zero-order chi connectivity index (χ0) is 16.1. The summed E-state index contributed by atoms with van der Waals surface area (Å²) in [6, 6.07) is 10.6. The number of anilines is 1. The second-order valence-electron chi connectivity index (χ2n) is 4.59. The zero-order valence-corrected chi connectivity index (χ0v) is 14.1. The Hall–Kier alpha value is -1.42. The van der Waals surface area contributed by atoms with E-state index in [-0.39, 0.29) is 28.3 Å². The highest BCUT2D eigenvalue weighted by molar-refractivity contribution is 6.40. The lowest BCUT2D eigenvalue weighted by Gasteiger charge is -2.11. The average molecular weight is 359 g/mol. The second kappa shape index (κ2) is 7.73. The highest BCUT2D eigenvalue weighted by Crippen LogP contribution is 2.35.